The fourth-order valence-electron chi connectivity index (χ4n) is 2.68. The number of hydrogen-bond donors (Lipinski definition) is 1. The van der Waals surface area contributed by atoms with E-state index in [0.717, 1.165) is 18.7 Å². The van der Waals surface area contributed by atoms with Gasteiger partial charge in [-0.2, -0.15) is 5.10 Å². The maximum absolute atomic E-state index is 6.39. The molecule has 2 rings (SSSR count). The highest BCUT2D eigenvalue weighted by Gasteiger charge is 2.39. The van der Waals surface area contributed by atoms with Gasteiger partial charge in [-0.3, -0.25) is 0 Å². The molecule has 1 aliphatic heterocycles. The van der Waals surface area contributed by atoms with Crippen LogP contribution < -0.4 is 5.73 Å². The van der Waals surface area contributed by atoms with Gasteiger partial charge in [-0.05, 0) is 13.8 Å². The Balaban J connectivity index is 2.10. The van der Waals surface area contributed by atoms with E-state index in [9.17, 15) is 0 Å². The summed E-state index contributed by atoms with van der Waals surface area (Å²) in [6.45, 7) is 5.59. The van der Waals surface area contributed by atoms with Gasteiger partial charge in [0.05, 0.1) is 5.60 Å². The quantitative estimate of drug-likeness (QED) is 0.859. The third kappa shape index (κ3) is 2.96. The molecule has 1 aromatic rings. The minimum atomic E-state index is -0.300. The summed E-state index contributed by atoms with van der Waals surface area (Å²) in [4.78, 5) is 4.32. The molecular formula is C13H24N4O2. The lowest BCUT2D eigenvalue weighted by molar-refractivity contribution is -0.104. The van der Waals surface area contributed by atoms with Crippen LogP contribution in [0.5, 0.6) is 0 Å². The zero-order valence-corrected chi connectivity index (χ0v) is 12.0. The van der Waals surface area contributed by atoms with Gasteiger partial charge in [-0.25, -0.2) is 9.67 Å². The molecule has 0 aromatic carbocycles. The number of nitrogens with zero attached hydrogens (tertiary/aromatic N) is 3. The molecule has 1 fully saturated rings. The molecule has 1 aliphatic rings. The maximum Gasteiger partial charge on any atom is 0.138 e. The first-order chi connectivity index (χ1) is 9.09. The molecule has 108 valence electrons. The molecule has 2 heterocycles. The van der Waals surface area contributed by atoms with Crippen molar-refractivity contribution >= 4 is 0 Å². The average molecular weight is 268 g/mol. The van der Waals surface area contributed by atoms with E-state index < -0.39 is 0 Å². The van der Waals surface area contributed by atoms with Crippen LogP contribution in [0.3, 0.4) is 0 Å². The summed E-state index contributed by atoms with van der Waals surface area (Å²) in [6, 6.07) is 0.195. The Kier molecular flexibility index (Phi) is 4.54. The summed E-state index contributed by atoms with van der Waals surface area (Å²) in [6.07, 6.45) is 3.93. The summed E-state index contributed by atoms with van der Waals surface area (Å²) in [5, 5.41) is 4.25. The summed E-state index contributed by atoms with van der Waals surface area (Å²) in [7, 11) is 1.73. The van der Waals surface area contributed by atoms with Crippen LogP contribution in [0.1, 0.15) is 38.6 Å². The normalized spacial score (nSPS) is 20.7. The van der Waals surface area contributed by atoms with Crippen molar-refractivity contribution in [3.8, 4) is 0 Å². The number of methoxy groups -OCH3 is 1. The summed E-state index contributed by atoms with van der Waals surface area (Å²) in [5.41, 5.74) is 6.09. The molecule has 0 saturated carbocycles. The second kappa shape index (κ2) is 5.98. The van der Waals surface area contributed by atoms with Gasteiger partial charge in [0.15, 0.2) is 0 Å². The van der Waals surface area contributed by atoms with Crippen LogP contribution in [0.4, 0.5) is 0 Å². The van der Waals surface area contributed by atoms with Crippen molar-refractivity contribution in [3.05, 3.63) is 12.2 Å². The van der Waals surface area contributed by atoms with Gasteiger partial charge >= 0.3 is 0 Å². The van der Waals surface area contributed by atoms with Crippen molar-refractivity contribution in [2.75, 3.05) is 20.3 Å². The summed E-state index contributed by atoms with van der Waals surface area (Å²) >= 11 is 0. The van der Waals surface area contributed by atoms with Gasteiger partial charge in [-0.15, -0.1) is 0 Å². The van der Waals surface area contributed by atoms with E-state index in [0.29, 0.717) is 19.6 Å². The monoisotopic (exact) mass is 268 g/mol. The molecule has 2 N–H and O–H groups in total. The molecule has 19 heavy (non-hydrogen) atoms. The predicted molar refractivity (Wildman–Crippen MR) is 71.9 cm³/mol. The van der Waals surface area contributed by atoms with Crippen LogP contribution >= 0.6 is 0 Å². The Morgan fingerprint density at radius 1 is 1.47 bits per heavy atom. The third-order valence-corrected chi connectivity index (χ3v) is 3.96. The fourth-order valence-corrected chi connectivity index (χ4v) is 2.68. The minimum absolute atomic E-state index is 0.0944. The van der Waals surface area contributed by atoms with Gasteiger partial charge in [0.2, 0.25) is 0 Å². The number of aromatic nitrogens is 3. The lowest BCUT2D eigenvalue weighted by Crippen LogP contribution is -2.54. The van der Waals surface area contributed by atoms with Crippen LogP contribution in [-0.4, -0.2) is 46.7 Å². The Bertz CT molecular complexity index is 399. The lowest BCUT2D eigenvalue weighted by Gasteiger charge is -2.40. The third-order valence-electron chi connectivity index (χ3n) is 3.96. The standard InChI is InChI=1S/C13H24N4O2/c1-10(2)17-12(15-9-16-17)8-11(14)13(18-3)4-6-19-7-5-13/h9-11H,4-8,14H2,1-3H3. The van der Waals surface area contributed by atoms with E-state index in [4.69, 9.17) is 15.2 Å². The molecule has 6 heteroatoms. The lowest BCUT2D eigenvalue weighted by atomic mass is 9.84. The minimum Gasteiger partial charge on any atom is -0.381 e. The molecule has 0 amide bonds. The Morgan fingerprint density at radius 3 is 2.74 bits per heavy atom. The van der Waals surface area contributed by atoms with Crippen LogP contribution in [0.25, 0.3) is 0 Å². The highest BCUT2D eigenvalue weighted by atomic mass is 16.5. The zero-order chi connectivity index (χ0) is 13.9. The van der Waals surface area contributed by atoms with E-state index in [1.54, 1.807) is 13.4 Å². The van der Waals surface area contributed by atoms with Crippen LogP contribution in [0.15, 0.2) is 6.33 Å². The Labute approximate surface area is 114 Å². The average Bonchev–Trinajstić information content (AvgIpc) is 2.87. The van der Waals surface area contributed by atoms with Crippen molar-refractivity contribution in [3.63, 3.8) is 0 Å². The highest BCUT2D eigenvalue weighted by Crippen LogP contribution is 2.28. The van der Waals surface area contributed by atoms with Crippen LogP contribution in [-0.2, 0) is 15.9 Å². The molecule has 0 spiro atoms. The van der Waals surface area contributed by atoms with E-state index in [2.05, 4.69) is 23.9 Å². The molecule has 0 radical (unpaired) electrons. The van der Waals surface area contributed by atoms with Crippen molar-refractivity contribution < 1.29 is 9.47 Å². The maximum atomic E-state index is 6.39. The second-order valence-electron chi connectivity index (χ2n) is 5.41. The Hall–Kier alpha value is -0.980. The van der Waals surface area contributed by atoms with Gasteiger partial charge in [0.1, 0.15) is 12.2 Å². The highest BCUT2D eigenvalue weighted by molar-refractivity contribution is 5.00. The molecule has 6 nitrogen and oxygen atoms in total. The van der Waals surface area contributed by atoms with E-state index in [1.807, 2.05) is 4.68 Å². The summed E-state index contributed by atoms with van der Waals surface area (Å²) in [5.74, 6) is 0.922. The molecule has 1 unspecified atom stereocenters. The van der Waals surface area contributed by atoms with Crippen molar-refractivity contribution in [1.82, 2.24) is 14.8 Å². The first kappa shape index (κ1) is 14.4. The number of hydrogen-bond acceptors (Lipinski definition) is 5. The van der Waals surface area contributed by atoms with Gasteiger partial charge in [0, 0.05) is 51.7 Å². The van der Waals surface area contributed by atoms with Crippen molar-refractivity contribution in [2.24, 2.45) is 5.73 Å². The topological polar surface area (TPSA) is 75.2 Å². The van der Waals surface area contributed by atoms with Gasteiger partial charge in [-0.1, -0.05) is 0 Å². The number of rotatable bonds is 5. The summed E-state index contributed by atoms with van der Waals surface area (Å²) < 4.78 is 13.1. The molecule has 0 bridgehead atoms. The van der Waals surface area contributed by atoms with Gasteiger partial charge in [0.25, 0.3) is 0 Å². The molecule has 0 aliphatic carbocycles. The van der Waals surface area contributed by atoms with E-state index >= 15 is 0 Å². The SMILES string of the molecule is COC1(C(N)Cc2ncnn2C(C)C)CCOCC1. The van der Waals surface area contributed by atoms with Crippen molar-refractivity contribution in [1.29, 1.82) is 0 Å². The number of nitrogens with two attached hydrogens (primary N) is 1. The Morgan fingerprint density at radius 2 is 2.16 bits per heavy atom. The van der Waals surface area contributed by atoms with Crippen molar-refractivity contribution in [2.45, 2.75) is 50.8 Å². The van der Waals surface area contributed by atoms with Crippen LogP contribution in [0, 0.1) is 0 Å². The second-order valence-corrected chi connectivity index (χ2v) is 5.41. The largest absolute Gasteiger partial charge is 0.381 e. The first-order valence-corrected chi connectivity index (χ1v) is 6.86. The van der Waals surface area contributed by atoms with Gasteiger partial charge < -0.3 is 15.2 Å². The fraction of sp³-hybridized carbons (Fsp3) is 0.846. The molecule has 1 saturated heterocycles. The van der Waals surface area contributed by atoms with Crippen LogP contribution in [0.2, 0.25) is 0 Å². The molecule has 1 atom stereocenters. The molecular weight excluding hydrogens is 244 g/mol. The zero-order valence-electron chi connectivity index (χ0n) is 12.0. The van der Waals surface area contributed by atoms with E-state index in [-0.39, 0.29) is 17.7 Å². The number of ether oxygens (including phenoxy) is 2. The molecule has 1 aromatic heterocycles. The smallest absolute Gasteiger partial charge is 0.138 e. The predicted octanol–water partition coefficient (Wildman–Crippen LogP) is 0.924. The van der Waals surface area contributed by atoms with E-state index in [1.165, 1.54) is 0 Å². The first-order valence-electron chi connectivity index (χ1n) is 6.86.